The monoisotopic (exact) mass is 444 g/mol. The van der Waals surface area contributed by atoms with Gasteiger partial charge in [-0.25, -0.2) is 8.42 Å². The normalized spacial score (nSPS) is 14.6. The van der Waals surface area contributed by atoms with E-state index in [-0.39, 0.29) is 21.4 Å². The summed E-state index contributed by atoms with van der Waals surface area (Å²) in [7, 11) is -0.906. The van der Waals surface area contributed by atoms with Crippen molar-refractivity contribution in [1.82, 2.24) is 0 Å². The van der Waals surface area contributed by atoms with Gasteiger partial charge >= 0.3 is 0 Å². The Kier molecular flexibility index (Phi) is 6.47. The Bertz CT molecular complexity index is 961. The largest absolute Gasteiger partial charge is 0.495 e. The lowest BCUT2D eigenvalue weighted by atomic mass is 10.1. The number of nitrogens with one attached hydrogen (secondary N) is 1. The van der Waals surface area contributed by atoms with Crippen LogP contribution in [-0.4, -0.2) is 35.7 Å². The molecule has 1 aliphatic heterocycles. The van der Waals surface area contributed by atoms with E-state index < -0.39 is 10.0 Å². The molecule has 0 atom stereocenters. The molecule has 0 aromatic heterocycles. The molecule has 1 saturated heterocycles. The fourth-order valence-corrected chi connectivity index (χ4v) is 4.91. The number of piperidine rings is 1. The summed E-state index contributed by atoms with van der Waals surface area (Å²) in [5, 5.41) is 0.517. The highest BCUT2D eigenvalue weighted by Gasteiger charge is 2.22. The Morgan fingerprint density at radius 3 is 2.36 bits per heavy atom. The van der Waals surface area contributed by atoms with Crippen molar-refractivity contribution in [1.29, 1.82) is 0 Å². The molecule has 0 unspecified atom stereocenters. The van der Waals surface area contributed by atoms with E-state index in [1.54, 1.807) is 19.2 Å². The van der Waals surface area contributed by atoms with Crippen LogP contribution < -0.4 is 19.1 Å². The first-order valence-corrected chi connectivity index (χ1v) is 11.1. The fourth-order valence-electron chi connectivity index (χ4n) is 3.27. The average Bonchev–Trinajstić information content (AvgIpc) is 2.67. The molecule has 152 valence electrons. The zero-order chi connectivity index (χ0) is 20.3. The summed E-state index contributed by atoms with van der Waals surface area (Å²) in [6, 6.07) is 7.75. The van der Waals surface area contributed by atoms with Gasteiger partial charge in [0.2, 0.25) is 0 Å². The first kappa shape index (κ1) is 20.9. The highest BCUT2D eigenvalue weighted by Crippen LogP contribution is 2.38. The van der Waals surface area contributed by atoms with Gasteiger partial charge in [-0.2, -0.15) is 0 Å². The zero-order valence-corrected chi connectivity index (χ0v) is 18.0. The molecule has 0 spiro atoms. The van der Waals surface area contributed by atoms with Gasteiger partial charge in [0, 0.05) is 18.1 Å². The van der Waals surface area contributed by atoms with Crippen molar-refractivity contribution in [3.63, 3.8) is 0 Å². The fraction of sp³-hybridized carbons (Fsp3) is 0.368. The van der Waals surface area contributed by atoms with Gasteiger partial charge in [-0.3, -0.25) is 4.72 Å². The van der Waals surface area contributed by atoms with Crippen molar-refractivity contribution in [2.75, 3.05) is 36.9 Å². The highest BCUT2D eigenvalue weighted by atomic mass is 35.5. The molecule has 28 heavy (non-hydrogen) atoms. The molecule has 0 saturated carbocycles. The van der Waals surface area contributed by atoms with Crippen LogP contribution in [-0.2, 0) is 10.0 Å². The van der Waals surface area contributed by atoms with Crippen LogP contribution in [0.1, 0.15) is 19.3 Å². The number of sulfonamides is 1. The highest BCUT2D eigenvalue weighted by molar-refractivity contribution is 7.92. The summed E-state index contributed by atoms with van der Waals surface area (Å²) in [6.45, 7) is 1.73. The van der Waals surface area contributed by atoms with Crippen molar-refractivity contribution < 1.29 is 17.9 Å². The second-order valence-electron chi connectivity index (χ2n) is 6.46. The van der Waals surface area contributed by atoms with Crippen LogP contribution in [0.5, 0.6) is 11.5 Å². The molecule has 1 fully saturated rings. The second kappa shape index (κ2) is 8.68. The van der Waals surface area contributed by atoms with Crippen molar-refractivity contribution in [2.24, 2.45) is 0 Å². The molecular formula is C19H22Cl2N2O4S. The molecule has 2 aromatic rings. The maximum atomic E-state index is 13.0. The van der Waals surface area contributed by atoms with E-state index in [1.807, 2.05) is 0 Å². The van der Waals surface area contributed by atoms with Gasteiger partial charge in [0.15, 0.2) is 5.75 Å². The molecule has 9 heteroatoms. The van der Waals surface area contributed by atoms with Crippen LogP contribution in [0.3, 0.4) is 0 Å². The van der Waals surface area contributed by atoms with Gasteiger partial charge in [0.05, 0.1) is 35.5 Å². The molecule has 0 aliphatic carbocycles. The number of rotatable bonds is 6. The molecule has 1 aliphatic rings. The van der Waals surface area contributed by atoms with E-state index in [4.69, 9.17) is 32.7 Å². The Hall–Kier alpha value is -1.83. The van der Waals surface area contributed by atoms with Crippen molar-refractivity contribution in [3.05, 3.63) is 40.4 Å². The number of hydrogen-bond acceptors (Lipinski definition) is 5. The lowest BCUT2D eigenvalue weighted by Gasteiger charge is -2.30. The van der Waals surface area contributed by atoms with Gasteiger partial charge < -0.3 is 14.4 Å². The predicted octanol–water partition coefficient (Wildman–Crippen LogP) is 4.80. The van der Waals surface area contributed by atoms with Crippen LogP contribution >= 0.6 is 23.2 Å². The standard InChI is InChI=1S/C19H22Cl2N2O4S/c1-26-18-7-6-14(12-17(18)23-8-4-3-5-9-23)28(24,25)22-16-11-13(20)10-15(21)19(16)27-2/h6-7,10-12,22H,3-5,8-9H2,1-2H3. The second-order valence-corrected chi connectivity index (χ2v) is 8.98. The Morgan fingerprint density at radius 1 is 1.00 bits per heavy atom. The summed E-state index contributed by atoms with van der Waals surface area (Å²) in [6.07, 6.45) is 3.31. The third kappa shape index (κ3) is 4.42. The van der Waals surface area contributed by atoms with E-state index in [9.17, 15) is 8.42 Å². The first-order chi connectivity index (χ1) is 13.4. The van der Waals surface area contributed by atoms with E-state index in [2.05, 4.69) is 9.62 Å². The molecule has 1 heterocycles. The molecule has 0 bridgehead atoms. The molecular weight excluding hydrogens is 423 g/mol. The van der Waals surface area contributed by atoms with E-state index in [0.29, 0.717) is 10.8 Å². The number of hydrogen-bond donors (Lipinski definition) is 1. The zero-order valence-electron chi connectivity index (χ0n) is 15.7. The molecule has 0 amide bonds. The smallest absolute Gasteiger partial charge is 0.262 e. The van der Waals surface area contributed by atoms with Crippen LogP contribution in [0.15, 0.2) is 35.2 Å². The summed E-state index contributed by atoms with van der Waals surface area (Å²) in [4.78, 5) is 2.27. The minimum Gasteiger partial charge on any atom is -0.495 e. The number of anilines is 2. The van der Waals surface area contributed by atoms with Crippen molar-refractivity contribution in [3.8, 4) is 11.5 Å². The molecule has 0 radical (unpaired) electrons. The number of methoxy groups -OCH3 is 2. The minimum absolute atomic E-state index is 0.118. The first-order valence-electron chi connectivity index (χ1n) is 8.84. The summed E-state index contributed by atoms with van der Waals surface area (Å²) < 4.78 is 39.2. The SMILES string of the molecule is COc1ccc(S(=O)(=O)Nc2cc(Cl)cc(Cl)c2OC)cc1N1CCCCC1. The van der Waals surface area contributed by atoms with Crippen molar-refractivity contribution >= 4 is 44.6 Å². The van der Waals surface area contributed by atoms with Crippen LogP contribution in [0.2, 0.25) is 10.0 Å². The van der Waals surface area contributed by atoms with Gasteiger partial charge in [-0.15, -0.1) is 0 Å². The van der Waals surface area contributed by atoms with Gasteiger partial charge in [0.1, 0.15) is 5.75 Å². The number of nitrogens with zero attached hydrogens (tertiary/aromatic N) is 1. The maximum Gasteiger partial charge on any atom is 0.262 e. The van der Waals surface area contributed by atoms with Gasteiger partial charge in [0.25, 0.3) is 10.0 Å². The van der Waals surface area contributed by atoms with Crippen LogP contribution in [0, 0.1) is 0 Å². The van der Waals surface area contributed by atoms with E-state index in [1.165, 1.54) is 31.7 Å². The molecule has 1 N–H and O–H groups in total. The van der Waals surface area contributed by atoms with Crippen LogP contribution in [0.25, 0.3) is 0 Å². The number of ether oxygens (including phenoxy) is 2. The Balaban J connectivity index is 1.98. The van der Waals surface area contributed by atoms with Gasteiger partial charge in [-0.1, -0.05) is 23.2 Å². The van der Waals surface area contributed by atoms with Gasteiger partial charge in [-0.05, 0) is 49.6 Å². The summed E-state index contributed by atoms with van der Waals surface area (Å²) in [5.74, 6) is 0.851. The lowest BCUT2D eigenvalue weighted by molar-refractivity contribution is 0.412. The van der Waals surface area contributed by atoms with E-state index in [0.717, 1.165) is 31.6 Å². The average molecular weight is 445 g/mol. The maximum absolute atomic E-state index is 13.0. The van der Waals surface area contributed by atoms with E-state index >= 15 is 0 Å². The van der Waals surface area contributed by atoms with Crippen molar-refractivity contribution in [2.45, 2.75) is 24.2 Å². The molecule has 3 rings (SSSR count). The molecule has 2 aromatic carbocycles. The summed E-state index contributed by atoms with van der Waals surface area (Å²) >= 11 is 12.1. The predicted molar refractivity (Wildman–Crippen MR) is 113 cm³/mol. The lowest BCUT2D eigenvalue weighted by Crippen LogP contribution is -2.30. The third-order valence-electron chi connectivity index (χ3n) is 4.61. The molecule has 6 nitrogen and oxygen atoms in total. The Morgan fingerprint density at radius 2 is 1.71 bits per heavy atom. The van der Waals surface area contributed by atoms with Crippen LogP contribution in [0.4, 0.5) is 11.4 Å². The Labute approximate surface area is 175 Å². The summed E-state index contributed by atoms with van der Waals surface area (Å²) in [5.41, 5.74) is 0.941. The number of halogens is 2. The quantitative estimate of drug-likeness (QED) is 0.692. The third-order valence-corrected chi connectivity index (χ3v) is 6.48. The topological polar surface area (TPSA) is 67.9 Å². The minimum atomic E-state index is -3.90. The number of benzene rings is 2.